The Kier molecular flexibility index (Phi) is 6.31. The van der Waals surface area contributed by atoms with Gasteiger partial charge in [-0.05, 0) is 48.9 Å². The van der Waals surface area contributed by atoms with Gasteiger partial charge in [-0.1, -0.05) is 17.8 Å². The molecule has 4 nitrogen and oxygen atoms in total. The zero-order valence-electron chi connectivity index (χ0n) is 13.7. The third kappa shape index (κ3) is 5.26. The quantitative estimate of drug-likeness (QED) is 0.734. The van der Waals surface area contributed by atoms with Crippen molar-refractivity contribution in [1.82, 2.24) is 0 Å². The SMILES string of the molecule is CCOC(=O)c1ccc(Sc2ccc(CC(=O)O)c(C(F)(F)F)c2)cc1. The second-order valence-corrected chi connectivity index (χ2v) is 6.38. The third-order valence-corrected chi connectivity index (χ3v) is 4.33. The largest absolute Gasteiger partial charge is 0.481 e. The van der Waals surface area contributed by atoms with E-state index < -0.39 is 30.1 Å². The van der Waals surface area contributed by atoms with Crippen LogP contribution in [0.2, 0.25) is 0 Å². The Bertz CT molecular complexity index is 801. The molecule has 0 aliphatic rings. The van der Waals surface area contributed by atoms with Crippen LogP contribution in [0.15, 0.2) is 52.3 Å². The van der Waals surface area contributed by atoms with Crippen molar-refractivity contribution >= 4 is 23.7 Å². The van der Waals surface area contributed by atoms with Gasteiger partial charge in [-0.2, -0.15) is 13.2 Å². The highest BCUT2D eigenvalue weighted by Crippen LogP contribution is 2.37. The number of hydrogen-bond acceptors (Lipinski definition) is 4. The first-order valence-corrected chi connectivity index (χ1v) is 8.39. The Morgan fingerprint density at radius 3 is 2.23 bits per heavy atom. The van der Waals surface area contributed by atoms with Crippen molar-refractivity contribution in [2.45, 2.75) is 29.3 Å². The molecule has 0 bridgehead atoms. The van der Waals surface area contributed by atoms with Crippen LogP contribution in [0, 0.1) is 0 Å². The van der Waals surface area contributed by atoms with Crippen LogP contribution in [0.25, 0.3) is 0 Å². The lowest BCUT2D eigenvalue weighted by Gasteiger charge is -2.13. The predicted octanol–water partition coefficient (Wildman–Crippen LogP) is 4.66. The number of carbonyl (C=O) groups excluding carboxylic acids is 1. The van der Waals surface area contributed by atoms with E-state index in [4.69, 9.17) is 9.84 Å². The van der Waals surface area contributed by atoms with Crippen LogP contribution in [0.5, 0.6) is 0 Å². The molecule has 138 valence electrons. The average molecular weight is 384 g/mol. The van der Waals surface area contributed by atoms with E-state index in [1.807, 2.05) is 0 Å². The second-order valence-electron chi connectivity index (χ2n) is 5.23. The van der Waals surface area contributed by atoms with E-state index in [2.05, 4.69) is 0 Å². The van der Waals surface area contributed by atoms with Crippen LogP contribution in [0.3, 0.4) is 0 Å². The van der Waals surface area contributed by atoms with E-state index in [0.29, 0.717) is 15.4 Å². The number of carboxylic acid groups (broad SMARTS) is 1. The number of rotatable bonds is 6. The van der Waals surface area contributed by atoms with Gasteiger partial charge in [0, 0.05) is 9.79 Å². The minimum Gasteiger partial charge on any atom is -0.481 e. The number of esters is 1. The molecule has 0 unspecified atom stereocenters. The maximum atomic E-state index is 13.2. The smallest absolute Gasteiger partial charge is 0.416 e. The highest BCUT2D eigenvalue weighted by molar-refractivity contribution is 7.99. The van der Waals surface area contributed by atoms with Gasteiger partial charge in [-0.25, -0.2) is 4.79 Å². The fourth-order valence-corrected chi connectivity index (χ4v) is 3.07. The fraction of sp³-hybridized carbons (Fsp3) is 0.222. The third-order valence-electron chi connectivity index (χ3n) is 3.33. The molecule has 0 saturated carbocycles. The molecule has 0 amide bonds. The van der Waals surface area contributed by atoms with Crippen LogP contribution < -0.4 is 0 Å². The summed E-state index contributed by atoms with van der Waals surface area (Å²) in [5.41, 5.74) is -0.899. The molecule has 0 atom stereocenters. The summed E-state index contributed by atoms with van der Waals surface area (Å²) < 4.78 is 44.4. The molecule has 2 aromatic carbocycles. The Morgan fingerprint density at radius 2 is 1.69 bits per heavy atom. The molecule has 0 aliphatic heterocycles. The van der Waals surface area contributed by atoms with Crippen molar-refractivity contribution in [1.29, 1.82) is 0 Å². The lowest BCUT2D eigenvalue weighted by atomic mass is 10.0. The van der Waals surface area contributed by atoms with Crippen molar-refractivity contribution in [3.8, 4) is 0 Å². The summed E-state index contributed by atoms with van der Waals surface area (Å²) in [5.74, 6) is -1.80. The van der Waals surface area contributed by atoms with E-state index in [1.165, 1.54) is 24.3 Å². The topological polar surface area (TPSA) is 63.6 Å². The van der Waals surface area contributed by atoms with Crippen molar-refractivity contribution in [2.75, 3.05) is 6.61 Å². The number of carbonyl (C=O) groups is 2. The number of aliphatic carboxylic acids is 1. The Labute approximate surface area is 152 Å². The fourth-order valence-electron chi connectivity index (χ4n) is 2.21. The summed E-state index contributed by atoms with van der Waals surface area (Å²) in [6.07, 6.45) is -5.34. The van der Waals surface area contributed by atoms with Gasteiger partial charge in [-0.15, -0.1) is 0 Å². The average Bonchev–Trinajstić information content (AvgIpc) is 2.55. The standard InChI is InChI=1S/C18H15F3O4S/c1-2-25-17(24)11-3-6-13(7-4-11)26-14-8-5-12(9-16(22)23)15(10-14)18(19,20)21/h3-8,10H,2,9H2,1H3,(H,22,23). The molecule has 0 aromatic heterocycles. The molecule has 0 saturated heterocycles. The zero-order valence-corrected chi connectivity index (χ0v) is 14.5. The summed E-state index contributed by atoms with van der Waals surface area (Å²) in [5, 5.41) is 8.76. The Morgan fingerprint density at radius 1 is 1.08 bits per heavy atom. The highest BCUT2D eigenvalue weighted by atomic mass is 32.2. The first-order valence-electron chi connectivity index (χ1n) is 7.57. The van der Waals surface area contributed by atoms with E-state index in [-0.39, 0.29) is 12.2 Å². The summed E-state index contributed by atoms with van der Waals surface area (Å²) in [4.78, 5) is 23.3. The molecule has 2 rings (SSSR count). The van der Waals surface area contributed by atoms with Crippen molar-refractivity contribution < 1.29 is 32.6 Å². The monoisotopic (exact) mass is 384 g/mol. The Hall–Kier alpha value is -2.48. The number of ether oxygens (including phenoxy) is 1. The molecular formula is C18H15F3O4S. The van der Waals surface area contributed by atoms with Gasteiger partial charge in [0.1, 0.15) is 0 Å². The molecule has 0 radical (unpaired) electrons. The molecule has 0 spiro atoms. The maximum Gasteiger partial charge on any atom is 0.416 e. The van der Waals surface area contributed by atoms with E-state index in [1.54, 1.807) is 19.1 Å². The van der Waals surface area contributed by atoms with Gasteiger partial charge >= 0.3 is 18.1 Å². The molecule has 26 heavy (non-hydrogen) atoms. The van der Waals surface area contributed by atoms with Crippen LogP contribution in [0.4, 0.5) is 13.2 Å². The zero-order chi connectivity index (χ0) is 19.3. The first-order chi connectivity index (χ1) is 12.2. The normalized spacial score (nSPS) is 11.2. The van der Waals surface area contributed by atoms with Crippen LogP contribution in [-0.2, 0) is 22.1 Å². The second kappa shape index (κ2) is 8.27. The number of benzene rings is 2. The maximum absolute atomic E-state index is 13.2. The minimum atomic E-state index is -4.64. The number of carboxylic acids is 1. The van der Waals surface area contributed by atoms with Gasteiger partial charge < -0.3 is 9.84 Å². The number of halogens is 3. The van der Waals surface area contributed by atoms with Gasteiger partial charge in [0.15, 0.2) is 0 Å². The van der Waals surface area contributed by atoms with E-state index in [9.17, 15) is 22.8 Å². The summed E-state index contributed by atoms with van der Waals surface area (Å²) >= 11 is 1.08. The molecule has 2 aromatic rings. The molecule has 8 heteroatoms. The van der Waals surface area contributed by atoms with Crippen molar-refractivity contribution in [3.05, 3.63) is 59.2 Å². The molecule has 1 N–H and O–H groups in total. The van der Waals surface area contributed by atoms with Crippen molar-refractivity contribution in [3.63, 3.8) is 0 Å². The van der Waals surface area contributed by atoms with Gasteiger partial charge in [0.2, 0.25) is 0 Å². The summed E-state index contributed by atoms with van der Waals surface area (Å²) in [7, 11) is 0. The minimum absolute atomic E-state index is 0.248. The Balaban J connectivity index is 2.24. The van der Waals surface area contributed by atoms with Gasteiger partial charge in [0.25, 0.3) is 0 Å². The van der Waals surface area contributed by atoms with E-state index >= 15 is 0 Å². The molecule has 0 aliphatic carbocycles. The first kappa shape index (κ1) is 19.8. The van der Waals surface area contributed by atoms with Gasteiger partial charge in [-0.3, -0.25) is 4.79 Å². The lowest BCUT2D eigenvalue weighted by molar-refractivity contribution is -0.139. The number of alkyl halides is 3. The molecular weight excluding hydrogens is 369 g/mol. The summed E-state index contributed by atoms with van der Waals surface area (Å²) in [6.45, 7) is 1.94. The van der Waals surface area contributed by atoms with Gasteiger partial charge in [0.05, 0.1) is 24.2 Å². The number of hydrogen-bond donors (Lipinski definition) is 1. The van der Waals surface area contributed by atoms with Crippen LogP contribution >= 0.6 is 11.8 Å². The molecule has 0 heterocycles. The highest BCUT2D eigenvalue weighted by Gasteiger charge is 2.34. The van der Waals surface area contributed by atoms with E-state index in [0.717, 1.165) is 17.8 Å². The van der Waals surface area contributed by atoms with Crippen LogP contribution in [0.1, 0.15) is 28.4 Å². The molecule has 0 fully saturated rings. The lowest BCUT2D eigenvalue weighted by Crippen LogP contribution is -2.12. The summed E-state index contributed by atoms with van der Waals surface area (Å²) in [6, 6.07) is 9.82. The van der Waals surface area contributed by atoms with Crippen LogP contribution in [-0.4, -0.2) is 23.7 Å². The van der Waals surface area contributed by atoms with Crippen molar-refractivity contribution in [2.24, 2.45) is 0 Å². The predicted molar refractivity (Wildman–Crippen MR) is 89.3 cm³/mol.